The molecule has 0 aliphatic carbocycles. The second kappa shape index (κ2) is 8.21. The number of Topliss-reactive ketones (excluding diaryl/α,β-unsaturated/α-hetero) is 1. The van der Waals surface area contributed by atoms with Crippen LogP contribution in [-0.2, 0) is 5.60 Å². The van der Waals surface area contributed by atoms with Crippen molar-refractivity contribution in [3.8, 4) is 5.75 Å². The molecule has 3 heterocycles. The number of halogens is 1. The Balaban J connectivity index is 1.42. The van der Waals surface area contributed by atoms with E-state index in [0.717, 1.165) is 71.3 Å². The molecule has 0 unspecified atom stereocenters. The number of ether oxygens (including phenoxy) is 1. The van der Waals surface area contributed by atoms with Crippen molar-refractivity contribution in [3.05, 3.63) is 64.1 Å². The van der Waals surface area contributed by atoms with Crippen LogP contribution in [-0.4, -0.2) is 48.7 Å². The SMILES string of the molecule is COc1ccc([C@@]2(O)C[N+]3(CCCC(=O)c4ccc(Br)cc4)CCC2CC3)cc1. The minimum absolute atomic E-state index is 0.202. The normalized spacial score (nSPS) is 28.3. The van der Waals surface area contributed by atoms with Gasteiger partial charge in [-0.1, -0.05) is 40.2 Å². The summed E-state index contributed by atoms with van der Waals surface area (Å²) >= 11 is 3.41. The van der Waals surface area contributed by atoms with Crippen molar-refractivity contribution in [2.24, 2.45) is 5.92 Å². The Bertz CT molecular complexity index is 857. The predicted octanol–water partition coefficient (Wildman–Crippen LogP) is 4.55. The second-order valence-electron chi connectivity index (χ2n) is 8.63. The monoisotopic (exact) mass is 458 g/mol. The van der Waals surface area contributed by atoms with Crippen molar-refractivity contribution in [2.45, 2.75) is 31.3 Å². The summed E-state index contributed by atoms with van der Waals surface area (Å²) in [5, 5.41) is 11.6. The third-order valence-corrected chi connectivity index (χ3v) is 7.48. The molecule has 3 aliphatic heterocycles. The summed E-state index contributed by atoms with van der Waals surface area (Å²) in [6, 6.07) is 15.5. The highest BCUT2D eigenvalue weighted by Gasteiger charge is 2.54. The number of piperidine rings is 3. The first-order chi connectivity index (χ1) is 13.9. The summed E-state index contributed by atoms with van der Waals surface area (Å²) in [5.74, 6) is 1.34. The molecule has 5 heteroatoms. The summed E-state index contributed by atoms with van der Waals surface area (Å²) in [5.41, 5.74) is 0.995. The van der Waals surface area contributed by atoms with E-state index < -0.39 is 5.60 Å². The maximum atomic E-state index is 12.5. The van der Waals surface area contributed by atoms with Gasteiger partial charge in [-0.05, 0) is 29.8 Å². The molecular formula is C24H29BrNO3+. The first kappa shape index (κ1) is 20.6. The smallest absolute Gasteiger partial charge is 0.163 e. The van der Waals surface area contributed by atoms with Crippen LogP contribution in [0.4, 0.5) is 0 Å². The van der Waals surface area contributed by atoms with Crippen molar-refractivity contribution in [3.63, 3.8) is 0 Å². The molecule has 2 aromatic carbocycles. The van der Waals surface area contributed by atoms with Gasteiger partial charge in [0, 0.05) is 41.6 Å². The maximum absolute atomic E-state index is 12.5. The number of benzene rings is 2. The number of hydrogen-bond acceptors (Lipinski definition) is 3. The number of aliphatic hydroxyl groups is 1. The van der Waals surface area contributed by atoms with Crippen LogP contribution in [0.2, 0.25) is 0 Å². The Morgan fingerprint density at radius 3 is 2.41 bits per heavy atom. The number of nitrogens with zero attached hydrogens (tertiary/aromatic N) is 1. The number of carbonyl (C=O) groups excluding carboxylic acids is 1. The Hall–Kier alpha value is -1.69. The highest BCUT2D eigenvalue weighted by atomic mass is 79.9. The van der Waals surface area contributed by atoms with Crippen LogP contribution in [0, 0.1) is 5.92 Å². The summed E-state index contributed by atoms with van der Waals surface area (Å²) in [4.78, 5) is 12.5. The summed E-state index contributed by atoms with van der Waals surface area (Å²) < 4.78 is 7.18. The van der Waals surface area contributed by atoms with Gasteiger partial charge in [-0.25, -0.2) is 0 Å². The third-order valence-electron chi connectivity index (χ3n) is 6.95. The van der Waals surface area contributed by atoms with Crippen molar-refractivity contribution in [1.82, 2.24) is 0 Å². The van der Waals surface area contributed by atoms with Crippen LogP contribution in [0.1, 0.15) is 41.6 Å². The minimum atomic E-state index is -0.779. The number of quaternary nitrogens is 1. The van der Waals surface area contributed by atoms with E-state index in [-0.39, 0.29) is 5.78 Å². The first-order valence-corrected chi connectivity index (χ1v) is 11.2. The molecule has 4 nitrogen and oxygen atoms in total. The molecule has 0 aromatic heterocycles. The van der Waals surface area contributed by atoms with E-state index in [2.05, 4.69) is 15.9 Å². The summed E-state index contributed by atoms with van der Waals surface area (Å²) in [6.07, 6.45) is 3.51. The van der Waals surface area contributed by atoms with Crippen LogP contribution < -0.4 is 4.74 Å². The first-order valence-electron chi connectivity index (χ1n) is 10.4. The van der Waals surface area contributed by atoms with Crippen molar-refractivity contribution >= 4 is 21.7 Å². The lowest BCUT2D eigenvalue weighted by Gasteiger charge is -2.56. The number of fused-ring (bicyclic) bond motifs is 3. The lowest BCUT2D eigenvalue weighted by Crippen LogP contribution is -2.67. The van der Waals surface area contributed by atoms with E-state index in [1.807, 2.05) is 48.5 Å². The van der Waals surface area contributed by atoms with Gasteiger partial charge in [-0.15, -0.1) is 0 Å². The van der Waals surface area contributed by atoms with Gasteiger partial charge in [0.15, 0.2) is 5.78 Å². The Labute approximate surface area is 181 Å². The minimum Gasteiger partial charge on any atom is -0.497 e. The molecule has 0 radical (unpaired) electrons. The molecule has 0 saturated carbocycles. The van der Waals surface area contributed by atoms with Crippen molar-refractivity contribution < 1.29 is 19.1 Å². The second-order valence-corrected chi connectivity index (χ2v) is 9.55. The van der Waals surface area contributed by atoms with Crippen LogP contribution in [0.15, 0.2) is 53.0 Å². The fourth-order valence-electron chi connectivity index (χ4n) is 5.26. The lowest BCUT2D eigenvalue weighted by atomic mass is 9.70. The zero-order chi connectivity index (χ0) is 20.5. The van der Waals surface area contributed by atoms with Gasteiger partial charge in [-0.3, -0.25) is 4.79 Å². The topological polar surface area (TPSA) is 46.5 Å². The fraction of sp³-hybridized carbons (Fsp3) is 0.458. The van der Waals surface area contributed by atoms with Gasteiger partial charge in [0.2, 0.25) is 0 Å². The van der Waals surface area contributed by atoms with Gasteiger partial charge in [0.05, 0.1) is 26.7 Å². The van der Waals surface area contributed by atoms with Gasteiger partial charge in [-0.2, -0.15) is 0 Å². The zero-order valence-electron chi connectivity index (χ0n) is 16.9. The molecule has 154 valence electrons. The van der Waals surface area contributed by atoms with E-state index in [1.165, 1.54) is 0 Å². The standard InChI is InChI=1S/C24H29BrNO3/c1-29-22-10-6-19(7-11-22)24(28)17-26(15-12-20(24)13-16-26)14-2-3-23(27)18-4-8-21(25)9-5-18/h4-11,20,28H,2-3,12-17H2,1H3/q+1/t20?,24-,26?/m0/s1. The molecule has 3 aliphatic rings. The van der Waals surface area contributed by atoms with Crippen molar-refractivity contribution in [1.29, 1.82) is 0 Å². The van der Waals surface area contributed by atoms with Crippen LogP contribution in [0.25, 0.3) is 0 Å². The Kier molecular flexibility index (Phi) is 5.83. The third kappa shape index (κ3) is 4.14. The van der Waals surface area contributed by atoms with E-state index in [0.29, 0.717) is 12.3 Å². The van der Waals surface area contributed by atoms with Gasteiger partial charge < -0.3 is 14.3 Å². The number of hydrogen-bond donors (Lipinski definition) is 1. The number of ketones is 1. The quantitative estimate of drug-likeness (QED) is 0.488. The lowest BCUT2D eigenvalue weighted by molar-refractivity contribution is -0.952. The zero-order valence-corrected chi connectivity index (χ0v) is 18.5. The fourth-order valence-corrected chi connectivity index (χ4v) is 5.52. The molecule has 5 rings (SSSR count). The number of methoxy groups -OCH3 is 1. The average Bonchev–Trinajstić information content (AvgIpc) is 2.74. The van der Waals surface area contributed by atoms with E-state index in [9.17, 15) is 9.90 Å². The molecule has 2 bridgehead atoms. The summed E-state index contributed by atoms with van der Waals surface area (Å²) in [7, 11) is 1.66. The van der Waals surface area contributed by atoms with Gasteiger partial charge >= 0.3 is 0 Å². The molecule has 0 amide bonds. The van der Waals surface area contributed by atoms with Crippen LogP contribution in [0.3, 0.4) is 0 Å². The molecule has 2 aromatic rings. The van der Waals surface area contributed by atoms with Gasteiger partial charge in [0.1, 0.15) is 17.9 Å². The number of rotatable bonds is 7. The van der Waals surface area contributed by atoms with E-state index in [4.69, 9.17) is 4.74 Å². The largest absolute Gasteiger partial charge is 0.497 e. The van der Waals surface area contributed by atoms with Gasteiger partial charge in [0.25, 0.3) is 0 Å². The van der Waals surface area contributed by atoms with Crippen LogP contribution in [0.5, 0.6) is 5.75 Å². The molecule has 1 N–H and O–H groups in total. The molecule has 3 fully saturated rings. The average molecular weight is 459 g/mol. The molecule has 0 spiro atoms. The molecule has 1 atom stereocenters. The molecule has 3 saturated heterocycles. The molecule has 29 heavy (non-hydrogen) atoms. The number of carbonyl (C=O) groups is 1. The van der Waals surface area contributed by atoms with E-state index in [1.54, 1.807) is 7.11 Å². The van der Waals surface area contributed by atoms with E-state index >= 15 is 0 Å². The Morgan fingerprint density at radius 2 is 1.79 bits per heavy atom. The highest BCUT2D eigenvalue weighted by molar-refractivity contribution is 9.10. The Morgan fingerprint density at radius 1 is 1.14 bits per heavy atom. The van der Waals surface area contributed by atoms with Crippen LogP contribution >= 0.6 is 15.9 Å². The predicted molar refractivity (Wildman–Crippen MR) is 117 cm³/mol. The molecular weight excluding hydrogens is 430 g/mol. The summed E-state index contributed by atoms with van der Waals surface area (Å²) in [6.45, 7) is 3.91. The maximum Gasteiger partial charge on any atom is 0.163 e. The van der Waals surface area contributed by atoms with Crippen molar-refractivity contribution in [2.75, 3.05) is 33.3 Å². The highest BCUT2D eigenvalue weighted by Crippen LogP contribution is 2.46.